The maximum atomic E-state index is 2.30. The molecule has 18 heavy (non-hydrogen) atoms. The van der Waals surface area contributed by atoms with Gasteiger partial charge in [0.05, 0.1) is 0 Å². The standard InChI is InChI=1S/C3H8.4C2H6.4CH4.2CH3.Sb.H/c1-3-2;4*1-2;;;;;;;;/h3H2,1-2H3;4*1-2H3;4*1H4;2*1H3;;. The van der Waals surface area contributed by atoms with Crippen LogP contribution in [0.3, 0.4) is 0 Å². The van der Waals surface area contributed by atoms with Crippen LogP contribution < -0.4 is 0 Å². The predicted octanol–water partition coefficient (Wildman–Crippen LogP) is 8.58. The second-order valence-electron chi connectivity index (χ2n) is 1.21. The quantitative estimate of drug-likeness (QED) is 0.369. The Morgan fingerprint density at radius 3 is 0.500 bits per heavy atom. The monoisotopic (exact) mass is 380 g/mol. The van der Waals surface area contributed by atoms with Gasteiger partial charge in [0.1, 0.15) is 0 Å². The summed E-state index contributed by atoms with van der Waals surface area (Å²) in [5.41, 5.74) is 0. The number of hydrogen-bond acceptors (Lipinski definition) is 0. The van der Waals surface area contributed by atoms with Gasteiger partial charge in [-0.15, -0.1) is 0 Å². The van der Waals surface area contributed by atoms with E-state index in [9.17, 15) is 0 Å². The third-order valence-electron chi connectivity index (χ3n) is 0. The topological polar surface area (TPSA) is 0 Å². The van der Waals surface area contributed by atoms with E-state index in [4.69, 9.17) is 0 Å². The Morgan fingerprint density at radius 1 is 0.500 bits per heavy atom. The maximum absolute atomic E-state index is 2.30. The Bertz CT molecular complexity index is 7.57. The first-order chi connectivity index (χ1) is 6.83. The summed E-state index contributed by atoms with van der Waals surface area (Å²) >= 11 is 0.230. The molecule has 0 saturated heterocycles. The van der Waals surface area contributed by atoms with Crippen LogP contribution in [0.25, 0.3) is 0 Å². The molecule has 0 aliphatic carbocycles. The summed E-state index contributed by atoms with van der Waals surface area (Å²) in [6.45, 7) is 20.2. The van der Waals surface area contributed by atoms with Gasteiger partial charge in [0.15, 0.2) is 0 Å². The molecule has 0 aromatic rings. The average molecular weight is 381 g/mol. The van der Waals surface area contributed by atoms with Crippen LogP contribution >= 0.6 is 0 Å². The summed E-state index contributed by atoms with van der Waals surface area (Å²) in [6, 6.07) is 0. The minimum atomic E-state index is 0. The van der Waals surface area contributed by atoms with Gasteiger partial charge in [0.25, 0.3) is 0 Å². The fourth-order valence-corrected chi connectivity index (χ4v) is 0. The summed E-state index contributed by atoms with van der Waals surface area (Å²) in [5, 5.41) is 0. The van der Waals surface area contributed by atoms with Crippen molar-refractivity contribution in [1.82, 2.24) is 0 Å². The molecule has 0 N–H and O–H groups in total. The first-order valence-electron chi connectivity index (χ1n) is 6.41. The van der Waals surface area contributed by atoms with Crippen molar-refractivity contribution in [2.75, 3.05) is 0 Å². The van der Waals surface area contributed by atoms with Crippen molar-refractivity contribution in [3.05, 3.63) is 0 Å². The molecule has 0 unspecified atom stereocenters. The average Bonchev–Trinajstić information content (AvgIpc) is 2.31. The Labute approximate surface area is 136 Å². The van der Waals surface area contributed by atoms with Crippen LogP contribution in [0.1, 0.15) is 105 Å². The van der Waals surface area contributed by atoms with E-state index in [1.807, 2.05) is 55.4 Å². The summed E-state index contributed by atoms with van der Waals surface area (Å²) < 4.78 is 0. The zero-order valence-corrected chi connectivity index (χ0v) is 16.1. The first-order valence-corrected chi connectivity index (χ1v) is 12.1. The van der Waals surface area contributed by atoms with E-state index < -0.39 is 0 Å². The van der Waals surface area contributed by atoms with Crippen LogP contribution in [0.5, 0.6) is 0 Å². The fourth-order valence-electron chi connectivity index (χ4n) is 0. The van der Waals surface area contributed by atoms with Gasteiger partial charge in [-0.1, -0.05) is 105 Å². The SMILES string of the molecule is C.C.C.C.CC.CC.CC.CC.CCC.[CH3][SbH][CH3]. The van der Waals surface area contributed by atoms with E-state index >= 15 is 0 Å². The van der Waals surface area contributed by atoms with Gasteiger partial charge < -0.3 is 0 Å². The summed E-state index contributed by atoms with van der Waals surface area (Å²) in [6.07, 6.45) is 1.25. The second-order valence-corrected chi connectivity index (χ2v) is 4.06. The molecule has 0 radical (unpaired) electrons. The van der Waals surface area contributed by atoms with Crippen molar-refractivity contribution in [2.24, 2.45) is 0 Å². The molecule has 0 saturated carbocycles. The zero-order chi connectivity index (χ0) is 13.4. The van der Waals surface area contributed by atoms with E-state index in [0.717, 1.165) is 0 Å². The second kappa shape index (κ2) is 635. The molecule has 1 heteroatoms. The van der Waals surface area contributed by atoms with E-state index in [1.54, 1.807) is 0 Å². The Hall–Kier alpha value is 0.818. The molecule has 0 rings (SSSR count). The molecule has 0 heterocycles. The van der Waals surface area contributed by atoms with Crippen molar-refractivity contribution in [3.63, 3.8) is 0 Å². The predicted molar refractivity (Wildman–Crippen MR) is 107 cm³/mol. The van der Waals surface area contributed by atoms with Crippen LogP contribution in [-0.2, 0) is 0 Å². The fraction of sp³-hybridized carbons (Fsp3) is 1.00. The van der Waals surface area contributed by atoms with Crippen LogP contribution in [-0.4, -0.2) is 21.6 Å². The van der Waals surface area contributed by atoms with Gasteiger partial charge >= 0.3 is 31.4 Å². The number of rotatable bonds is 0. The minimum absolute atomic E-state index is 0. The van der Waals surface area contributed by atoms with Crippen molar-refractivity contribution in [1.29, 1.82) is 0 Å². The van der Waals surface area contributed by atoms with Gasteiger partial charge in [-0.05, 0) is 0 Å². The van der Waals surface area contributed by atoms with Crippen LogP contribution in [0, 0.1) is 0 Å². The van der Waals surface area contributed by atoms with Crippen molar-refractivity contribution in [3.8, 4) is 0 Å². The van der Waals surface area contributed by atoms with E-state index in [0.29, 0.717) is 0 Å². The Balaban J connectivity index is -0.00000000517. The Kier molecular flexibility index (Phi) is 2710. The van der Waals surface area contributed by atoms with Crippen molar-refractivity contribution >= 4 is 21.6 Å². The molecule has 0 atom stereocenters. The van der Waals surface area contributed by atoms with Crippen LogP contribution in [0.15, 0.2) is 0 Å². The third kappa shape index (κ3) is 6290. The summed E-state index contributed by atoms with van der Waals surface area (Å²) in [4.78, 5) is 4.59. The molecular weight excluding hydrogens is 326 g/mol. The van der Waals surface area contributed by atoms with Crippen LogP contribution in [0.2, 0.25) is 9.74 Å². The molecule has 0 aromatic carbocycles. The molecule has 0 fully saturated rings. The van der Waals surface area contributed by atoms with E-state index in [2.05, 4.69) is 23.6 Å². The van der Waals surface area contributed by atoms with Crippen molar-refractivity contribution < 1.29 is 0 Å². The van der Waals surface area contributed by atoms with E-state index in [1.165, 1.54) is 6.42 Å². The van der Waals surface area contributed by atoms with E-state index in [-0.39, 0.29) is 51.3 Å². The van der Waals surface area contributed by atoms with Gasteiger partial charge in [-0.3, -0.25) is 0 Å². The van der Waals surface area contributed by atoms with Gasteiger partial charge in [0.2, 0.25) is 0 Å². The van der Waals surface area contributed by atoms with Gasteiger partial charge in [-0.25, -0.2) is 0 Å². The molecule has 0 aliphatic heterocycles. The molecule has 0 nitrogen and oxygen atoms in total. The molecule has 0 spiro atoms. The normalized spacial score (nSPS) is 3.33. The number of hydrogen-bond donors (Lipinski definition) is 0. The first kappa shape index (κ1) is 76.8. The molecule has 0 bridgehead atoms. The summed E-state index contributed by atoms with van der Waals surface area (Å²) in [5.74, 6) is 0. The molecule has 0 amide bonds. The van der Waals surface area contributed by atoms with Crippen molar-refractivity contribution in [2.45, 2.75) is 115 Å². The molecular formula is C17H55Sb. The molecule has 128 valence electrons. The zero-order valence-electron chi connectivity index (χ0n) is 13.2. The third-order valence-corrected chi connectivity index (χ3v) is 0. The van der Waals surface area contributed by atoms with Gasteiger partial charge in [-0.2, -0.15) is 0 Å². The van der Waals surface area contributed by atoms with Crippen LogP contribution in [0.4, 0.5) is 0 Å². The van der Waals surface area contributed by atoms with Gasteiger partial charge in [0, 0.05) is 0 Å². The molecule has 0 aliphatic rings. The Morgan fingerprint density at radius 2 is 0.500 bits per heavy atom. The molecule has 0 aromatic heterocycles. The summed E-state index contributed by atoms with van der Waals surface area (Å²) in [7, 11) is 0.